The van der Waals surface area contributed by atoms with Crippen LogP contribution in [0, 0.1) is 6.92 Å². The highest BCUT2D eigenvalue weighted by Gasteiger charge is 2.20. The summed E-state index contributed by atoms with van der Waals surface area (Å²) in [7, 11) is 0. The van der Waals surface area contributed by atoms with Crippen LogP contribution < -0.4 is 5.32 Å². The van der Waals surface area contributed by atoms with E-state index in [2.05, 4.69) is 32.3 Å². The van der Waals surface area contributed by atoms with Gasteiger partial charge in [-0.25, -0.2) is 9.97 Å². The monoisotopic (exact) mass is 340 g/mol. The predicted octanol–water partition coefficient (Wildman–Crippen LogP) is 1.46. The molecule has 6 heteroatoms. The number of nitrogens with one attached hydrogen (secondary N) is 1. The summed E-state index contributed by atoms with van der Waals surface area (Å²) in [5, 5.41) is 3.14. The van der Waals surface area contributed by atoms with Crippen LogP contribution >= 0.6 is 0 Å². The Morgan fingerprint density at radius 3 is 2.72 bits per heavy atom. The zero-order valence-electron chi connectivity index (χ0n) is 14.5. The lowest BCUT2D eigenvalue weighted by atomic mass is 10.0. The van der Waals surface area contributed by atoms with Gasteiger partial charge in [-0.3, -0.25) is 9.69 Å². The molecule has 0 aliphatic carbocycles. The molecular formula is C19H24N4O2. The molecule has 0 spiro atoms. The van der Waals surface area contributed by atoms with Gasteiger partial charge in [-0.15, -0.1) is 0 Å². The Morgan fingerprint density at radius 2 is 2.00 bits per heavy atom. The zero-order chi connectivity index (χ0) is 17.5. The summed E-state index contributed by atoms with van der Waals surface area (Å²) in [6.45, 7) is 5.94. The number of morpholine rings is 1. The quantitative estimate of drug-likeness (QED) is 0.862. The molecule has 2 heterocycles. The largest absolute Gasteiger partial charge is 0.379 e. The molecule has 1 amide bonds. The van der Waals surface area contributed by atoms with Crippen molar-refractivity contribution in [3.63, 3.8) is 0 Å². The van der Waals surface area contributed by atoms with E-state index in [0.717, 1.165) is 45.0 Å². The highest BCUT2D eigenvalue weighted by Crippen LogP contribution is 2.08. The standard InChI is InChI=1S/C19H24N4O2/c1-15-11-18(21-14-20-15)19(24)22-17(12-16-5-3-2-4-6-16)13-23-7-9-25-10-8-23/h2-6,11,14,17H,7-10,12-13H2,1H3,(H,22,24)/t17-/m1/s1. The number of nitrogens with zero attached hydrogens (tertiary/aromatic N) is 3. The molecule has 0 saturated carbocycles. The van der Waals surface area contributed by atoms with Crippen molar-refractivity contribution >= 4 is 5.91 Å². The third kappa shape index (κ3) is 5.34. The smallest absolute Gasteiger partial charge is 0.270 e. The first-order chi connectivity index (χ1) is 12.2. The summed E-state index contributed by atoms with van der Waals surface area (Å²) in [5.41, 5.74) is 2.40. The van der Waals surface area contributed by atoms with Gasteiger partial charge in [-0.2, -0.15) is 0 Å². The Bertz CT molecular complexity index is 687. The summed E-state index contributed by atoms with van der Waals surface area (Å²) in [4.78, 5) is 23.1. The van der Waals surface area contributed by atoms with Crippen LogP contribution in [0.15, 0.2) is 42.7 Å². The molecule has 0 unspecified atom stereocenters. The van der Waals surface area contributed by atoms with Gasteiger partial charge in [0.2, 0.25) is 0 Å². The summed E-state index contributed by atoms with van der Waals surface area (Å²) < 4.78 is 5.42. The fourth-order valence-corrected chi connectivity index (χ4v) is 2.99. The number of benzene rings is 1. The van der Waals surface area contributed by atoms with Crippen molar-refractivity contribution in [2.24, 2.45) is 0 Å². The lowest BCUT2D eigenvalue weighted by Gasteiger charge is -2.31. The first-order valence-electron chi connectivity index (χ1n) is 8.64. The molecule has 1 aromatic carbocycles. The normalized spacial score (nSPS) is 16.4. The summed E-state index contributed by atoms with van der Waals surface area (Å²) in [6, 6.07) is 12.0. The minimum Gasteiger partial charge on any atom is -0.379 e. The molecule has 1 aliphatic rings. The fraction of sp³-hybridized carbons (Fsp3) is 0.421. The first-order valence-corrected chi connectivity index (χ1v) is 8.64. The molecule has 25 heavy (non-hydrogen) atoms. The maximum atomic E-state index is 12.6. The Kier molecular flexibility index (Phi) is 6.09. The molecule has 2 aromatic rings. The predicted molar refractivity (Wildman–Crippen MR) is 95.4 cm³/mol. The summed E-state index contributed by atoms with van der Waals surface area (Å²) >= 11 is 0. The van der Waals surface area contributed by atoms with Crippen LogP contribution in [0.2, 0.25) is 0 Å². The molecule has 132 valence electrons. The lowest BCUT2D eigenvalue weighted by molar-refractivity contribution is 0.0333. The van der Waals surface area contributed by atoms with Crippen molar-refractivity contribution in [3.05, 3.63) is 59.7 Å². The van der Waals surface area contributed by atoms with Crippen LogP contribution in [0.1, 0.15) is 21.7 Å². The topological polar surface area (TPSA) is 67.4 Å². The van der Waals surface area contributed by atoms with Crippen LogP contribution in [-0.4, -0.2) is 59.7 Å². The van der Waals surface area contributed by atoms with Gasteiger partial charge in [-0.05, 0) is 25.0 Å². The van der Waals surface area contributed by atoms with E-state index in [0.29, 0.717) is 5.69 Å². The number of carbonyl (C=O) groups is 1. The van der Waals surface area contributed by atoms with Crippen molar-refractivity contribution in [2.45, 2.75) is 19.4 Å². The molecule has 1 saturated heterocycles. The third-order valence-corrected chi connectivity index (χ3v) is 4.28. The van der Waals surface area contributed by atoms with Crippen LogP contribution in [0.25, 0.3) is 0 Å². The average molecular weight is 340 g/mol. The molecular weight excluding hydrogens is 316 g/mol. The van der Waals surface area contributed by atoms with Gasteiger partial charge in [0, 0.05) is 31.4 Å². The van der Waals surface area contributed by atoms with E-state index in [1.807, 2.05) is 25.1 Å². The Balaban J connectivity index is 1.69. The highest BCUT2D eigenvalue weighted by molar-refractivity contribution is 5.92. The second-order valence-corrected chi connectivity index (χ2v) is 6.32. The third-order valence-electron chi connectivity index (χ3n) is 4.28. The Morgan fingerprint density at radius 1 is 1.24 bits per heavy atom. The molecule has 1 aliphatic heterocycles. The second kappa shape index (κ2) is 8.69. The van der Waals surface area contributed by atoms with E-state index in [-0.39, 0.29) is 11.9 Å². The van der Waals surface area contributed by atoms with E-state index in [4.69, 9.17) is 4.74 Å². The summed E-state index contributed by atoms with van der Waals surface area (Å²) in [5.74, 6) is -0.153. The number of amides is 1. The van der Waals surface area contributed by atoms with Gasteiger partial charge in [0.05, 0.1) is 13.2 Å². The van der Waals surface area contributed by atoms with Crippen LogP contribution in [0.3, 0.4) is 0 Å². The van der Waals surface area contributed by atoms with Gasteiger partial charge >= 0.3 is 0 Å². The number of carbonyl (C=O) groups excluding carboxylic acids is 1. The van der Waals surface area contributed by atoms with Gasteiger partial charge in [0.1, 0.15) is 12.0 Å². The number of rotatable bonds is 6. The molecule has 3 rings (SSSR count). The van der Waals surface area contributed by atoms with E-state index < -0.39 is 0 Å². The second-order valence-electron chi connectivity index (χ2n) is 6.32. The molecule has 1 atom stereocenters. The van der Waals surface area contributed by atoms with E-state index in [1.54, 1.807) is 6.07 Å². The molecule has 1 fully saturated rings. The van der Waals surface area contributed by atoms with Crippen molar-refractivity contribution in [1.29, 1.82) is 0 Å². The van der Waals surface area contributed by atoms with Crippen molar-refractivity contribution in [1.82, 2.24) is 20.2 Å². The van der Waals surface area contributed by atoms with Crippen LogP contribution in [-0.2, 0) is 11.2 Å². The molecule has 1 N–H and O–H groups in total. The molecule has 6 nitrogen and oxygen atoms in total. The average Bonchev–Trinajstić information content (AvgIpc) is 2.63. The maximum Gasteiger partial charge on any atom is 0.270 e. The Labute approximate surface area is 148 Å². The SMILES string of the molecule is Cc1cc(C(=O)N[C@H](Cc2ccccc2)CN2CCOCC2)ncn1. The number of hydrogen-bond acceptors (Lipinski definition) is 5. The van der Waals surface area contributed by atoms with Crippen molar-refractivity contribution in [2.75, 3.05) is 32.8 Å². The van der Waals surface area contributed by atoms with E-state index in [9.17, 15) is 4.79 Å². The lowest BCUT2D eigenvalue weighted by Crippen LogP contribution is -2.48. The van der Waals surface area contributed by atoms with Gasteiger partial charge in [0.25, 0.3) is 5.91 Å². The van der Waals surface area contributed by atoms with Crippen LogP contribution in [0.5, 0.6) is 0 Å². The number of ether oxygens (including phenoxy) is 1. The highest BCUT2D eigenvalue weighted by atomic mass is 16.5. The summed E-state index contributed by atoms with van der Waals surface area (Å²) in [6.07, 6.45) is 2.21. The zero-order valence-corrected chi connectivity index (χ0v) is 14.5. The number of aryl methyl sites for hydroxylation is 1. The fourth-order valence-electron chi connectivity index (χ4n) is 2.99. The van der Waals surface area contributed by atoms with Gasteiger partial charge < -0.3 is 10.1 Å². The Hall–Kier alpha value is -2.31. The molecule has 1 aromatic heterocycles. The minimum absolute atomic E-state index is 0.0169. The molecule has 0 radical (unpaired) electrons. The number of hydrogen-bond donors (Lipinski definition) is 1. The minimum atomic E-state index is -0.153. The molecule has 0 bridgehead atoms. The van der Waals surface area contributed by atoms with Crippen molar-refractivity contribution in [3.8, 4) is 0 Å². The van der Waals surface area contributed by atoms with E-state index in [1.165, 1.54) is 11.9 Å². The van der Waals surface area contributed by atoms with E-state index >= 15 is 0 Å². The maximum absolute atomic E-state index is 12.6. The first kappa shape index (κ1) is 17.5. The van der Waals surface area contributed by atoms with Gasteiger partial charge in [0.15, 0.2) is 0 Å². The van der Waals surface area contributed by atoms with Gasteiger partial charge in [-0.1, -0.05) is 30.3 Å². The number of aromatic nitrogens is 2. The van der Waals surface area contributed by atoms with Crippen molar-refractivity contribution < 1.29 is 9.53 Å². The van der Waals surface area contributed by atoms with Crippen LogP contribution in [0.4, 0.5) is 0 Å².